The molecule has 0 amide bonds. The molecule has 2 unspecified atom stereocenters. The minimum atomic E-state index is -2.08. The number of rotatable bonds is 9. The van der Waals surface area contributed by atoms with Crippen LogP contribution >= 0.6 is 0 Å². The van der Waals surface area contributed by atoms with E-state index < -0.39 is 21.6 Å². The van der Waals surface area contributed by atoms with E-state index in [0.29, 0.717) is 17.5 Å². The molecule has 0 saturated heterocycles. The molecule has 0 saturated carbocycles. The van der Waals surface area contributed by atoms with Gasteiger partial charge in [-0.05, 0) is 25.0 Å². The van der Waals surface area contributed by atoms with E-state index in [2.05, 4.69) is 9.97 Å². The maximum Gasteiger partial charge on any atom is 0.339 e. The molecule has 0 bridgehead atoms. The number of hydrogen-bond acceptors (Lipinski definition) is 5. The summed E-state index contributed by atoms with van der Waals surface area (Å²) in [5, 5.41) is 19.0. The van der Waals surface area contributed by atoms with Crippen LogP contribution in [0.4, 0.5) is 0 Å². The number of carboxylic acid groups (broad SMARTS) is 1. The second kappa shape index (κ2) is 7.67. The van der Waals surface area contributed by atoms with Crippen LogP contribution in [0, 0.1) is 0 Å². The Kier molecular flexibility index (Phi) is 5.86. The molecule has 2 atom stereocenters. The topological polar surface area (TPSA) is 115 Å². The number of nitrogens with zero attached hydrogens (tertiary/aromatic N) is 1. The van der Waals surface area contributed by atoms with Crippen molar-refractivity contribution in [2.24, 2.45) is 0 Å². The van der Waals surface area contributed by atoms with Crippen molar-refractivity contribution < 1.29 is 19.3 Å². The summed E-state index contributed by atoms with van der Waals surface area (Å²) in [5.41, 5.74) is 3.04. The minimum absolute atomic E-state index is 0.0330. The van der Waals surface area contributed by atoms with Crippen LogP contribution in [-0.2, 0) is 15.6 Å². The van der Waals surface area contributed by atoms with Gasteiger partial charge in [0.05, 0.1) is 11.0 Å². The summed E-state index contributed by atoms with van der Waals surface area (Å²) in [6.45, 7) is 2.04. The molecule has 2 aromatic rings. The van der Waals surface area contributed by atoms with Crippen molar-refractivity contribution in [3.05, 3.63) is 24.3 Å². The van der Waals surface area contributed by atoms with Gasteiger partial charge in [-0.1, -0.05) is 38.3 Å². The molecule has 0 aliphatic carbocycles. The monoisotopic (exact) mass is 339 g/mol. The maximum atomic E-state index is 12.8. The lowest BCUT2D eigenvalue weighted by Gasteiger charge is -2.25. The van der Waals surface area contributed by atoms with E-state index in [-0.39, 0.29) is 11.6 Å². The number of aromatic amines is 1. The summed E-state index contributed by atoms with van der Waals surface area (Å²) in [5.74, 6) is -1.37. The number of nitrogens with one attached hydrogen (secondary N) is 2. The molecule has 8 heteroatoms. The molecule has 1 aromatic heterocycles. The first-order valence-electron chi connectivity index (χ1n) is 7.56. The number of para-hydroxylation sites is 2. The highest BCUT2D eigenvalue weighted by molar-refractivity contribution is 7.87. The summed E-state index contributed by atoms with van der Waals surface area (Å²) in [7, 11) is -2.08. The Balaban J connectivity index is 2.29. The van der Waals surface area contributed by atoms with Gasteiger partial charge >= 0.3 is 5.97 Å². The zero-order valence-electron chi connectivity index (χ0n) is 12.9. The van der Waals surface area contributed by atoms with Gasteiger partial charge in [-0.15, -0.1) is 0 Å². The fourth-order valence-electron chi connectivity index (χ4n) is 2.41. The van der Waals surface area contributed by atoms with Gasteiger partial charge in [-0.25, -0.2) is 14.0 Å². The van der Waals surface area contributed by atoms with E-state index in [4.69, 9.17) is 0 Å². The zero-order chi connectivity index (χ0) is 16.9. The Morgan fingerprint density at radius 2 is 2.09 bits per heavy atom. The van der Waals surface area contributed by atoms with Crippen LogP contribution in [0.2, 0.25) is 0 Å². The molecule has 23 heavy (non-hydrogen) atoms. The minimum Gasteiger partial charge on any atom is -0.479 e. The highest BCUT2D eigenvalue weighted by Gasteiger charge is 2.46. The van der Waals surface area contributed by atoms with Crippen molar-refractivity contribution in [3.63, 3.8) is 0 Å². The predicted molar refractivity (Wildman–Crippen MR) is 86.6 cm³/mol. The predicted octanol–water partition coefficient (Wildman–Crippen LogP) is 2.40. The largest absolute Gasteiger partial charge is 0.479 e. The highest BCUT2D eigenvalue weighted by Crippen LogP contribution is 2.25. The molecule has 0 aliphatic heterocycles. The van der Waals surface area contributed by atoms with Crippen LogP contribution < -0.4 is 5.48 Å². The number of carboxylic acids is 1. The van der Waals surface area contributed by atoms with Gasteiger partial charge < -0.3 is 15.3 Å². The second-order valence-electron chi connectivity index (χ2n) is 5.38. The van der Waals surface area contributed by atoms with Gasteiger partial charge in [0.2, 0.25) is 4.87 Å². The average molecular weight is 339 g/mol. The van der Waals surface area contributed by atoms with Crippen molar-refractivity contribution in [1.82, 2.24) is 15.4 Å². The molecule has 2 rings (SSSR count). The van der Waals surface area contributed by atoms with Crippen LogP contribution in [0.25, 0.3) is 11.0 Å². The molecule has 1 heterocycles. The van der Waals surface area contributed by atoms with Crippen molar-refractivity contribution >= 4 is 27.8 Å². The van der Waals surface area contributed by atoms with Crippen molar-refractivity contribution in [1.29, 1.82) is 0 Å². The molecule has 0 aliphatic rings. The first kappa shape index (κ1) is 17.6. The molecule has 0 radical (unpaired) electrons. The number of fused-ring (bicyclic) bond motifs is 1. The first-order valence-corrected chi connectivity index (χ1v) is 8.71. The van der Waals surface area contributed by atoms with Crippen LogP contribution in [0.3, 0.4) is 0 Å². The average Bonchev–Trinajstić information content (AvgIpc) is 2.98. The van der Waals surface area contributed by atoms with Crippen LogP contribution in [0.5, 0.6) is 0 Å². The maximum absolute atomic E-state index is 12.8. The highest BCUT2D eigenvalue weighted by atomic mass is 32.2. The third-order valence-electron chi connectivity index (χ3n) is 3.77. The summed E-state index contributed by atoms with van der Waals surface area (Å²) in [6.07, 6.45) is 3.35. The van der Waals surface area contributed by atoms with Gasteiger partial charge in [0.15, 0.2) is 5.16 Å². The van der Waals surface area contributed by atoms with Crippen molar-refractivity contribution in [3.8, 4) is 0 Å². The Morgan fingerprint density at radius 3 is 2.70 bits per heavy atom. The lowest BCUT2D eigenvalue weighted by molar-refractivity contribution is -0.144. The summed E-state index contributed by atoms with van der Waals surface area (Å²) >= 11 is 0. The van der Waals surface area contributed by atoms with Crippen LogP contribution in [0.1, 0.15) is 39.0 Å². The molecule has 4 N–H and O–H groups in total. The van der Waals surface area contributed by atoms with E-state index in [1.807, 2.05) is 6.92 Å². The third-order valence-corrected chi connectivity index (χ3v) is 5.42. The lowest BCUT2D eigenvalue weighted by atomic mass is 10.1. The number of aliphatic carboxylic acids is 1. The number of hydroxylamine groups is 1. The standard InChI is InChI=1S/C15H21N3O4S/c1-2-3-4-7-10-15(18-21,13(19)20)23(22)14-16-11-8-5-6-9-12(11)17-14/h5-6,8-9,18,21H,2-4,7,10H2,1H3,(H,16,17)(H,19,20). The van der Waals surface area contributed by atoms with Crippen LogP contribution in [0.15, 0.2) is 29.4 Å². The Bertz CT molecular complexity index is 670. The number of carbonyl (C=O) groups is 1. The Labute approximate surface area is 136 Å². The zero-order valence-corrected chi connectivity index (χ0v) is 13.7. The number of aromatic nitrogens is 2. The van der Waals surface area contributed by atoms with Crippen LogP contribution in [-0.4, -0.2) is 35.3 Å². The molecular formula is C15H21N3O4S. The quantitative estimate of drug-likeness (QED) is 0.412. The third kappa shape index (κ3) is 3.60. The molecule has 126 valence electrons. The fraction of sp³-hybridized carbons (Fsp3) is 0.467. The van der Waals surface area contributed by atoms with Gasteiger partial charge in [0.25, 0.3) is 0 Å². The number of hydrogen-bond donors (Lipinski definition) is 4. The van der Waals surface area contributed by atoms with Gasteiger partial charge in [0.1, 0.15) is 10.8 Å². The number of unbranched alkanes of at least 4 members (excludes halogenated alkanes) is 3. The summed E-state index contributed by atoms with van der Waals surface area (Å²) in [4.78, 5) is 16.8. The fourth-order valence-corrected chi connectivity index (χ4v) is 3.69. The van der Waals surface area contributed by atoms with Gasteiger partial charge in [0, 0.05) is 0 Å². The van der Waals surface area contributed by atoms with E-state index in [1.165, 1.54) is 0 Å². The number of imidazole rings is 1. The lowest BCUT2D eigenvalue weighted by Crippen LogP contribution is -2.54. The molecular weight excluding hydrogens is 318 g/mol. The molecule has 7 nitrogen and oxygen atoms in total. The first-order chi connectivity index (χ1) is 11.0. The number of H-pyrrole nitrogens is 1. The Morgan fingerprint density at radius 1 is 1.35 bits per heavy atom. The second-order valence-corrected chi connectivity index (χ2v) is 7.00. The van der Waals surface area contributed by atoms with E-state index in [1.54, 1.807) is 29.7 Å². The summed E-state index contributed by atoms with van der Waals surface area (Å²) in [6, 6.07) is 7.09. The Hall–Kier alpha value is -1.77. The summed E-state index contributed by atoms with van der Waals surface area (Å²) < 4.78 is 12.8. The van der Waals surface area contributed by atoms with Gasteiger partial charge in [-0.2, -0.15) is 5.48 Å². The van der Waals surface area contributed by atoms with E-state index in [0.717, 1.165) is 19.3 Å². The normalized spacial score (nSPS) is 15.4. The van der Waals surface area contributed by atoms with Gasteiger partial charge in [-0.3, -0.25) is 0 Å². The molecule has 0 spiro atoms. The van der Waals surface area contributed by atoms with E-state index in [9.17, 15) is 19.3 Å². The van der Waals surface area contributed by atoms with Crippen molar-refractivity contribution in [2.75, 3.05) is 0 Å². The molecule has 1 aromatic carbocycles. The number of benzene rings is 1. The van der Waals surface area contributed by atoms with Crippen molar-refractivity contribution in [2.45, 2.75) is 49.1 Å². The SMILES string of the molecule is CCCCCCC(NO)(C(=O)O)S(=O)c1nc2ccccc2[nH]1. The van der Waals surface area contributed by atoms with E-state index >= 15 is 0 Å². The smallest absolute Gasteiger partial charge is 0.339 e. The molecule has 0 fully saturated rings.